The SMILES string of the molecule is CCCc1cc(CN)cc(N2CCC(N(CC)CC)C2)n1. The fourth-order valence-electron chi connectivity index (χ4n) is 3.29. The zero-order valence-corrected chi connectivity index (χ0v) is 13.8. The van der Waals surface area contributed by atoms with Crippen LogP contribution in [-0.4, -0.2) is 42.1 Å². The van der Waals surface area contributed by atoms with Crippen LogP contribution in [0, 0.1) is 0 Å². The van der Waals surface area contributed by atoms with Crippen molar-refractivity contribution in [2.24, 2.45) is 5.73 Å². The molecule has 1 fully saturated rings. The molecule has 2 rings (SSSR count). The molecule has 0 aromatic carbocycles. The van der Waals surface area contributed by atoms with Crippen LogP contribution in [0.2, 0.25) is 0 Å². The predicted molar refractivity (Wildman–Crippen MR) is 89.7 cm³/mol. The maximum Gasteiger partial charge on any atom is 0.129 e. The van der Waals surface area contributed by atoms with Crippen molar-refractivity contribution in [1.82, 2.24) is 9.88 Å². The number of likely N-dealkylation sites (N-methyl/N-ethyl adjacent to an activating group) is 1. The van der Waals surface area contributed by atoms with E-state index in [1.54, 1.807) is 0 Å². The fraction of sp³-hybridized carbons (Fsp3) is 0.706. The molecule has 1 aromatic rings. The van der Waals surface area contributed by atoms with Crippen LogP contribution in [0.3, 0.4) is 0 Å². The van der Waals surface area contributed by atoms with Crippen LogP contribution in [0.5, 0.6) is 0 Å². The summed E-state index contributed by atoms with van der Waals surface area (Å²) in [5, 5.41) is 0. The van der Waals surface area contributed by atoms with Crippen LogP contribution >= 0.6 is 0 Å². The van der Waals surface area contributed by atoms with Crippen LogP contribution in [0.25, 0.3) is 0 Å². The molecule has 1 atom stereocenters. The lowest BCUT2D eigenvalue weighted by molar-refractivity contribution is 0.232. The molecule has 0 spiro atoms. The molecule has 0 radical (unpaired) electrons. The summed E-state index contributed by atoms with van der Waals surface area (Å²) in [5.74, 6) is 1.12. The average molecular weight is 290 g/mol. The number of aryl methyl sites for hydroxylation is 1. The van der Waals surface area contributed by atoms with Gasteiger partial charge in [0.15, 0.2) is 0 Å². The molecule has 2 N–H and O–H groups in total. The highest BCUT2D eigenvalue weighted by molar-refractivity contribution is 5.44. The third-order valence-corrected chi connectivity index (χ3v) is 4.48. The molecular weight excluding hydrogens is 260 g/mol. The summed E-state index contributed by atoms with van der Waals surface area (Å²) in [6, 6.07) is 4.99. The Morgan fingerprint density at radius 3 is 2.67 bits per heavy atom. The van der Waals surface area contributed by atoms with E-state index in [0.29, 0.717) is 12.6 Å². The van der Waals surface area contributed by atoms with Crippen molar-refractivity contribution in [3.05, 3.63) is 23.4 Å². The molecule has 1 unspecified atom stereocenters. The van der Waals surface area contributed by atoms with Gasteiger partial charge >= 0.3 is 0 Å². The summed E-state index contributed by atoms with van der Waals surface area (Å²) in [7, 11) is 0. The van der Waals surface area contributed by atoms with Gasteiger partial charge in [-0.3, -0.25) is 4.90 Å². The maximum atomic E-state index is 5.85. The first-order valence-electron chi connectivity index (χ1n) is 8.40. The number of anilines is 1. The van der Waals surface area contributed by atoms with Gasteiger partial charge in [0.2, 0.25) is 0 Å². The van der Waals surface area contributed by atoms with E-state index in [0.717, 1.165) is 44.8 Å². The third-order valence-electron chi connectivity index (χ3n) is 4.48. The van der Waals surface area contributed by atoms with Crippen molar-refractivity contribution in [1.29, 1.82) is 0 Å². The lowest BCUT2D eigenvalue weighted by Gasteiger charge is -2.26. The molecule has 0 bridgehead atoms. The summed E-state index contributed by atoms with van der Waals surface area (Å²) in [5.41, 5.74) is 8.23. The molecule has 1 aliphatic rings. The molecule has 0 saturated carbocycles. The first-order valence-corrected chi connectivity index (χ1v) is 8.40. The number of nitrogens with two attached hydrogens (primary N) is 1. The molecule has 2 heterocycles. The predicted octanol–water partition coefficient (Wildman–Crippen LogP) is 2.41. The number of rotatable bonds is 7. The van der Waals surface area contributed by atoms with Gasteiger partial charge in [0.25, 0.3) is 0 Å². The minimum absolute atomic E-state index is 0.597. The van der Waals surface area contributed by atoms with Crippen molar-refractivity contribution in [3.63, 3.8) is 0 Å². The van der Waals surface area contributed by atoms with Gasteiger partial charge in [-0.1, -0.05) is 27.2 Å². The van der Waals surface area contributed by atoms with E-state index < -0.39 is 0 Å². The van der Waals surface area contributed by atoms with Crippen molar-refractivity contribution in [3.8, 4) is 0 Å². The molecule has 1 aromatic heterocycles. The highest BCUT2D eigenvalue weighted by Crippen LogP contribution is 2.23. The van der Waals surface area contributed by atoms with Crippen molar-refractivity contribution < 1.29 is 0 Å². The van der Waals surface area contributed by atoms with Crippen LogP contribution in [-0.2, 0) is 13.0 Å². The Morgan fingerprint density at radius 2 is 2.05 bits per heavy atom. The average Bonchev–Trinajstić information content (AvgIpc) is 2.98. The normalized spacial score (nSPS) is 18.7. The van der Waals surface area contributed by atoms with E-state index in [2.05, 4.69) is 42.7 Å². The van der Waals surface area contributed by atoms with Gasteiger partial charge in [-0.05, 0) is 43.6 Å². The molecule has 1 saturated heterocycles. The Labute approximate surface area is 129 Å². The van der Waals surface area contributed by atoms with Crippen molar-refractivity contribution in [2.75, 3.05) is 31.1 Å². The monoisotopic (exact) mass is 290 g/mol. The van der Waals surface area contributed by atoms with Gasteiger partial charge < -0.3 is 10.6 Å². The maximum absolute atomic E-state index is 5.85. The minimum Gasteiger partial charge on any atom is -0.355 e. The zero-order valence-electron chi connectivity index (χ0n) is 13.8. The van der Waals surface area contributed by atoms with Gasteiger partial charge in [-0.25, -0.2) is 4.98 Å². The lowest BCUT2D eigenvalue weighted by Crippen LogP contribution is -2.37. The largest absolute Gasteiger partial charge is 0.355 e. The summed E-state index contributed by atoms with van der Waals surface area (Å²) in [4.78, 5) is 9.84. The standard InChI is InChI=1S/C17H30N4/c1-4-7-15-10-14(12-18)11-17(19-15)21-9-8-16(13-21)20(5-2)6-3/h10-11,16H,4-9,12-13,18H2,1-3H3. The van der Waals surface area contributed by atoms with Crippen molar-refractivity contribution >= 4 is 5.82 Å². The Kier molecular flexibility index (Phi) is 6.00. The van der Waals surface area contributed by atoms with Gasteiger partial charge in [-0.2, -0.15) is 0 Å². The van der Waals surface area contributed by atoms with E-state index in [9.17, 15) is 0 Å². The molecule has 21 heavy (non-hydrogen) atoms. The van der Waals surface area contributed by atoms with E-state index in [4.69, 9.17) is 10.7 Å². The number of hydrogen-bond donors (Lipinski definition) is 1. The quantitative estimate of drug-likeness (QED) is 0.837. The molecule has 118 valence electrons. The second kappa shape index (κ2) is 7.76. The number of aromatic nitrogens is 1. The second-order valence-corrected chi connectivity index (χ2v) is 5.89. The van der Waals surface area contributed by atoms with Crippen LogP contribution in [0.15, 0.2) is 12.1 Å². The van der Waals surface area contributed by atoms with E-state index in [1.165, 1.54) is 17.7 Å². The second-order valence-electron chi connectivity index (χ2n) is 5.89. The van der Waals surface area contributed by atoms with Crippen LogP contribution < -0.4 is 10.6 Å². The first-order chi connectivity index (χ1) is 10.2. The van der Waals surface area contributed by atoms with Crippen molar-refractivity contribution in [2.45, 2.75) is 52.6 Å². The number of nitrogens with zero attached hydrogens (tertiary/aromatic N) is 3. The topological polar surface area (TPSA) is 45.4 Å². The third kappa shape index (κ3) is 3.95. The summed E-state index contributed by atoms with van der Waals surface area (Å²) < 4.78 is 0. The molecule has 0 aliphatic carbocycles. The summed E-state index contributed by atoms with van der Waals surface area (Å²) >= 11 is 0. The highest BCUT2D eigenvalue weighted by Gasteiger charge is 2.27. The Balaban J connectivity index is 2.13. The molecule has 0 amide bonds. The summed E-state index contributed by atoms with van der Waals surface area (Å²) in [6.45, 7) is 11.8. The lowest BCUT2D eigenvalue weighted by atomic mass is 10.1. The minimum atomic E-state index is 0.597. The number of pyridine rings is 1. The number of hydrogen-bond acceptors (Lipinski definition) is 4. The molecule has 1 aliphatic heterocycles. The highest BCUT2D eigenvalue weighted by atomic mass is 15.3. The van der Waals surface area contributed by atoms with E-state index >= 15 is 0 Å². The Bertz CT molecular complexity index is 442. The van der Waals surface area contributed by atoms with Crippen LogP contribution in [0.4, 0.5) is 5.82 Å². The first kappa shape index (κ1) is 16.2. The fourth-order valence-corrected chi connectivity index (χ4v) is 3.29. The van der Waals surface area contributed by atoms with E-state index in [-0.39, 0.29) is 0 Å². The summed E-state index contributed by atoms with van der Waals surface area (Å²) in [6.07, 6.45) is 3.40. The van der Waals surface area contributed by atoms with E-state index in [1.807, 2.05) is 0 Å². The van der Waals surface area contributed by atoms with Gasteiger partial charge in [0.1, 0.15) is 5.82 Å². The van der Waals surface area contributed by atoms with Gasteiger partial charge in [0, 0.05) is 31.4 Å². The Morgan fingerprint density at radius 1 is 1.29 bits per heavy atom. The molecule has 4 nitrogen and oxygen atoms in total. The van der Waals surface area contributed by atoms with Crippen LogP contribution in [0.1, 0.15) is 44.9 Å². The van der Waals surface area contributed by atoms with Gasteiger partial charge in [0.05, 0.1) is 0 Å². The smallest absolute Gasteiger partial charge is 0.129 e. The van der Waals surface area contributed by atoms with Gasteiger partial charge in [-0.15, -0.1) is 0 Å². The zero-order chi connectivity index (χ0) is 15.2. The molecule has 4 heteroatoms. The Hall–Kier alpha value is -1.13. The molecular formula is C17H30N4.